The van der Waals surface area contributed by atoms with Crippen LogP contribution in [0.2, 0.25) is 0 Å². The van der Waals surface area contributed by atoms with E-state index in [0.29, 0.717) is 0 Å². The Hall–Kier alpha value is -0.0800. The zero-order valence-electron chi connectivity index (χ0n) is 14.9. The number of hydrogen-bond acceptors (Lipinski definition) is 2. The van der Waals surface area contributed by atoms with Crippen LogP contribution >= 0.6 is 0 Å². The summed E-state index contributed by atoms with van der Waals surface area (Å²) in [5.41, 5.74) is 0.144. The van der Waals surface area contributed by atoms with E-state index in [0.717, 1.165) is 25.6 Å². The molecule has 0 amide bonds. The average molecular weight is 298 g/mol. The molecule has 21 heavy (non-hydrogen) atoms. The fourth-order valence-electron chi connectivity index (χ4n) is 3.32. The summed E-state index contributed by atoms with van der Waals surface area (Å²) < 4.78 is 6.41. The molecule has 0 saturated heterocycles. The van der Waals surface area contributed by atoms with E-state index in [-0.39, 0.29) is 5.60 Å². The van der Waals surface area contributed by atoms with Crippen molar-refractivity contribution in [3.63, 3.8) is 0 Å². The standard InChI is InChI=1S/C19H39NO/c1-4-6-7-8-9-10-16-21-19(17-20-15-5-2)13-11-18(3)12-14-19/h18,20H,4-17H2,1-3H3. The predicted molar refractivity (Wildman–Crippen MR) is 92.9 cm³/mol. The lowest BCUT2D eigenvalue weighted by atomic mass is 9.79. The lowest BCUT2D eigenvalue weighted by Gasteiger charge is -2.39. The highest BCUT2D eigenvalue weighted by atomic mass is 16.5. The van der Waals surface area contributed by atoms with E-state index < -0.39 is 0 Å². The Morgan fingerprint density at radius 2 is 1.62 bits per heavy atom. The van der Waals surface area contributed by atoms with Crippen LogP contribution in [0.5, 0.6) is 0 Å². The van der Waals surface area contributed by atoms with Crippen LogP contribution in [0, 0.1) is 5.92 Å². The summed E-state index contributed by atoms with van der Waals surface area (Å²) in [5, 5.41) is 3.60. The highest BCUT2D eigenvalue weighted by Crippen LogP contribution is 2.34. The van der Waals surface area contributed by atoms with Gasteiger partial charge in [0.25, 0.3) is 0 Å². The Bertz CT molecular complexity index is 234. The molecule has 2 heteroatoms. The number of ether oxygens (including phenoxy) is 1. The van der Waals surface area contributed by atoms with Crippen LogP contribution in [0.25, 0.3) is 0 Å². The van der Waals surface area contributed by atoms with Gasteiger partial charge >= 0.3 is 0 Å². The average Bonchev–Trinajstić information content (AvgIpc) is 2.50. The van der Waals surface area contributed by atoms with Crippen LogP contribution in [0.3, 0.4) is 0 Å². The van der Waals surface area contributed by atoms with Gasteiger partial charge in [-0.25, -0.2) is 0 Å². The van der Waals surface area contributed by atoms with Crippen molar-refractivity contribution in [1.29, 1.82) is 0 Å². The van der Waals surface area contributed by atoms with Crippen molar-refractivity contribution in [3.05, 3.63) is 0 Å². The molecule has 1 rings (SSSR count). The first-order valence-corrected chi connectivity index (χ1v) is 9.57. The van der Waals surface area contributed by atoms with E-state index in [9.17, 15) is 0 Å². The quantitative estimate of drug-likeness (QED) is 0.493. The SMILES string of the molecule is CCCCCCCCOC1(CNCCC)CCC(C)CC1. The number of nitrogens with one attached hydrogen (secondary N) is 1. The maximum Gasteiger partial charge on any atom is 0.0806 e. The van der Waals surface area contributed by atoms with Gasteiger partial charge < -0.3 is 10.1 Å². The monoisotopic (exact) mass is 297 g/mol. The van der Waals surface area contributed by atoms with Gasteiger partial charge in [-0.2, -0.15) is 0 Å². The maximum atomic E-state index is 6.41. The second-order valence-electron chi connectivity index (χ2n) is 7.16. The molecule has 1 aliphatic carbocycles. The minimum absolute atomic E-state index is 0.144. The molecule has 1 N–H and O–H groups in total. The largest absolute Gasteiger partial charge is 0.374 e. The van der Waals surface area contributed by atoms with Crippen LogP contribution in [0.15, 0.2) is 0 Å². The van der Waals surface area contributed by atoms with E-state index in [1.807, 2.05) is 0 Å². The molecule has 126 valence electrons. The molecule has 0 bridgehead atoms. The van der Waals surface area contributed by atoms with Crippen LogP contribution in [0.1, 0.15) is 91.4 Å². The Balaban J connectivity index is 2.22. The smallest absolute Gasteiger partial charge is 0.0806 e. The topological polar surface area (TPSA) is 21.3 Å². The molecule has 0 aromatic rings. The molecular formula is C19H39NO. The summed E-state index contributed by atoms with van der Waals surface area (Å²) in [4.78, 5) is 0. The molecule has 2 nitrogen and oxygen atoms in total. The Kier molecular flexibility index (Phi) is 10.4. The summed E-state index contributed by atoms with van der Waals surface area (Å²) in [6.45, 7) is 10.0. The molecule has 0 heterocycles. The van der Waals surface area contributed by atoms with Crippen molar-refractivity contribution < 1.29 is 4.74 Å². The zero-order chi connectivity index (χ0) is 15.4. The third kappa shape index (κ3) is 8.21. The van der Waals surface area contributed by atoms with Gasteiger partial charge in [0.1, 0.15) is 0 Å². The molecule has 0 atom stereocenters. The van der Waals surface area contributed by atoms with Gasteiger partial charge in [-0.05, 0) is 51.0 Å². The molecule has 0 aromatic heterocycles. The molecule has 1 fully saturated rings. The first-order valence-electron chi connectivity index (χ1n) is 9.57. The van der Waals surface area contributed by atoms with Crippen molar-refractivity contribution in [2.45, 2.75) is 97.0 Å². The highest BCUT2D eigenvalue weighted by Gasteiger charge is 2.34. The zero-order valence-corrected chi connectivity index (χ0v) is 14.9. The molecule has 0 spiro atoms. The van der Waals surface area contributed by atoms with Gasteiger partial charge in [0.05, 0.1) is 5.60 Å². The van der Waals surface area contributed by atoms with E-state index in [4.69, 9.17) is 4.74 Å². The molecule has 0 radical (unpaired) electrons. The Labute approximate surface area is 133 Å². The normalized spacial score (nSPS) is 26.1. The van der Waals surface area contributed by atoms with Crippen LogP contribution < -0.4 is 5.32 Å². The molecule has 0 aromatic carbocycles. The molecule has 1 saturated carbocycles. The first-order chi connectivity index (χ1) is 10.2. The molecule has 0 aliphatic heterocycles. The second kappa shape index (κ2) is 11.5. The van der Waals surface area contributed by atoms with Crippen LogP contribution in [-0.4, -0.2) is 25.3 Å². The summed E-state index contributed by atoms with van der Waals surface area (Å²) in [6, 6.07) is 0. The summed E-state index contributed by atoms with van der Waals surface area (Å²) in [6.07, 6.45) is 14.5. The fraction of sp³-hybridized carbons (Fsp3) is 1.00. The lowest BCUT2D eigenvalue weighted by Crippen LogP contribution is -2.46. The Morgan fingerprint density at radius 1 is 0.952 bits per heavy atom. The highest BCUT2D eigenvalue weighted by molar-refractivity contribution is 4.88. The third-order valence-electron chi connectivity index (χ3n) is 4.97. The predicted octanol–water partition coefficient (Wildman–Crippen LogP) is 5.31. The second-order valence-corrected chi connectivity index (χ2v) is 7.16. The van der Waals surface area contributed by atoms with Gasteiger partial charge in [-0.3, -0.25) is 0 Å². The fourth-order valence-corrected chi connectivity index (χ4v) is 3.32. The van der Waals surface area contributed by atoms with E-state index in [2.05, 4.69) is 26.1 Å². The number of hydrogen-bond donors (Lipinski definition) is 1. The van der Waals surface area contributed by atoms with Crippen molar-refractivity contribution in [3.8, 4) is 0 Å². The summed E-state index contributed by atoms with van der Waals surface area (Å²) >= 11 is 0. The molecular weight excluding hydrogens is 258 g/mol. The first kappa shape index (κ1) is 19.0. The van der Waals surface area contributed by atoms with Gasteiger partial charge in [-0.15, -0.1) is 0 Å². The van der Waals surface area contributed by atoms with E-state index in [1.54, 1.807) is 0 Å². The Morgan fingerprint density at radius 3 is 2.29 bits per heavy atom. The third-order valence-corrected chi connectivity index (χ3v) is 4.97. The maximum absolute atomic E-state index is 6.41. The van der Waals surface area contributed by atoms with E-state index in [1.165, 1.54) is 70.6 Å². The molecule has 0 unspecified atom stereocenters. The number of unbranched alkanes of at least 4 members (excludes halogenated alkanes) is 5. The van der Waals surface area contributed by atoms with Crippen molar-refractivity contribution in [2.75, 3.05) is 19.7 Å². The lowest BCUT2D eigenvalue weighted by molar-refractivity contribution is -0.0762. The minimum Gasteiger partial charge on any atom is -0.374 e. The van der Waals surface area contributed by atoms with Crippen LogP contribution in [0.4, 0.5) is 0 Å². The van der Waals surface area contributed by atoms with Crippen molar-refractivity contribution in [1.82, 2.24) is 5.32 Å². The van der Waals surface area contributed by atoms with Crippen LogP contribution in [-0.2, 0) is 4.74 Å². The van der Waals surface area contributed by atoms with Crippen molar-refractivity contribution in [2.24, 2.45) is 5.92 Å². The molecule has 1 aliphatic rings. The van der Waals surface area contributed by atoms with Gasteiger partial charge in [0, 0.05) is 13.2 Å². The van der Waals surface area contributed by atoms with Gasteiger partial charge in [-0.1, -0.05) is 52.9 Å². The van der Waals surface area contributed by atoms with E-state index >= 15 is 0 Å². The minimum atomic E-state index is 0.144. The summed E-state index contributed by atoms with van der Waals surface area (Å²) in [7, 11) is 0. The number of rotatable bonds is 12. The van der Waals surface area contributed by atoms with Gasteiger partial charge in [0.15, 0.2) is 0 Å². The van der Waals surface area contributed by atoms with Crippen molar-refractivity contribution >= 4 is 0 Å². The summed E-state index contributed by atoms with van der Waals surface area (Å²) in [5.74, 6) is 0.891. The van der Waals surface area contributed by atoms with Gasteiger partial charge in [0.2, 0.25) is 0 Å².